The number of rotatable bonds is 14. The van der Waals surface area contributed by atoms with Crippen LogP contribution in [0, 0.1) is 0 Å². The fraction of sp³-hybridized carbons (Fsp3) is 0.600. The second-order valence-electron chi connectivity index (χ2n) is 6.10. The van der Waals surface area contributed by atoms with Crippen LogP contribution in [0.5, 0.6) is 0 Å². The molecule has 0 aliphatic rings. The molecular formula is C15H25N5O9S. The molecule has 0 aromatic rings. The van der Waals surface area contributed by atoms with Gasteiger partial charge in [0.2, 0.25) is 23.6 Å². The van der Waals surface area contributed by atoms with Gasteiger partial charge in [0.1, 0.15) is 18.1 Å². The van der Waals surface area contributed by atoms with E-state index >= 15 is 0 Å². The fourth-order valence-corrected chi connectivity index (χ4v) is 2.20. The van der Waals surface area contributed by atoms with E-state index in [2.05, 4.69) is 23.3 Å². The molecule has 0 heterocycles. The van der Waals surface area contributed by atoms with Crippen LogP contribution in [0.3, 0.4) is 0 Å². The highest BCUT2D eigenvalue weighted by atomic mass is 32.1. The summed E-state index contributed by atoms with van der Waals surface area (Å²) in [6.07, 6.45) is -1.75. The minimum absolute atomic E-state index is 0.0504. The summed E-state index contributed by atoms with van der Waals surface area (Å²) < 4.78 is 0. The summed E-state index contributed by atoms with van der Waals surface area (Å²) >= 11 is 3.82. The highest BCUT2D eigenvalue weighted by Gasteiger charge is 2.31. The summed E-state index contributed by atoms with van der Waals surface area (Å²) in [7, 11) is 0. The van der Waals surface area contributed by atoms with Crippen molar-refractivity contribution >= 4 is 48.2 Å². The van der Waals surface area contributed by atoms with Gasteiger partial charge in [-0.1, -0.05) is 0 Å². The molecule has 0 aliphatic heterocycles. The Morgan fingerprint density at radius 2 is 1.37 bits per heavy atom. The van der Waals surface area contributed by atoms with Crippen molar-refractivity contribution in [3.05, 3.63) is 0 Å². The third kappa shape index (κ3) is 10.0. The van der Waals surface area contributed by atoms with Crippen molar-refractivity contribution < 1.29 is 44.1 Å². The lowest BCUT2D eigenvalue weighted by Crippen LogP contribution is -2.58. The van der Waals surface area contributed by atoms with Crippen molar-refractivity contribution in [1.29, 1.82) is 0 Å². The van der Waals surface area contributed by atoms with Gasteiger partial charge in [-0.05, 0) is 6.42 Å². The minimum atomic E-state index is -1.65. The number of thiol groups is 1. The molecule has 14 nitrogen and oxygen atoms in total. The Morgan fingerprint density at radius 1 is 0.867 bits per heavy atom. The normalized spacial score (nSPS) is 14.5. The van der Waals surface area contributed by atoms with Crippen LogP contribution in [0.4, 0.5) is 0 Å². The van der Waals surface area contributed by atoms with Gasteiger partial charge in [-0.15, -0.1) is 0 Å². The van der Waals surface area contributed by atoms with Crippen LogP contribution in [-0.2, 0) is 28.8 Å². The van der Waals surface area contributed by atoms with Gasteiger partial charge in [0.15, 0.2) is 0 Å². The highest BCUT2D eigenvalue weighted by molar-refractivity contribution is 7.80. The number of carboxylic acids is 2. The molecule has 0 spiro atoms. The second kappa shape index (κ2) is 13.3. The number of aliphatic hydroxyl groups is 1. The van der Waals surface area contributed by atoms with Crippen LogP contribution < -0.4 is 27.4 Å². The SMILES string of the molecule is NC(=O)CC(NC(=O)C(CO)NC(=O)C(N)CS)C(=O)NC(CCC(=O)O)C(=O)O. The standard InChI is InChI=1S/C15H25N5O9S/c16-6(5-30)12(25)20-9(4-21)14(27)19-8(3-10(17)22)13(26)18-7(15(28)29)1-2-11(23)24/h6-9,21,30H,1-5,16H2,(H2,17,22)(H,18,26)(H,19,27)(H,20,25)(H,23,24)(H,28,29). The van der Waals surface area contributed by atoms with Crippen molar-refractivity contribution in [2.75, 3.05) is 12.4 Å². The van der Waals surface area contributed by atoms with Crippen molar-refractivity contribution in [2.24, 2.45) is 11.5 Å². The van der Waals surface area contributed by atoms with E-state index < -0.39 is 85.6 Å². The zero-order valence-corrected chi connectivity index (χ0v) is 16.6. The lowest BCUT2D eigenvalue weighted by molar-refractivity contribution is -0.143. The third-order valence-corrected chi connectivity index (χ3v) is 4.04. The van der Waals surface area contributed by atoms with E-state index in [1.165, 1.54) is 0 Å². The Hall–Kier alpha value is -2.91. The molecule has 0 rings (SSSR count). The first-order chi connectivity index (χ1) is 13.9. The summed E-state index contributed by atoms with van der Waals surface area (Å²) in [5.74, 6) is -6.91. The van der Waals surface area contributed by atoms with E-state index in [0.717, 1.165) is 0 Å². The molecule has 0 aromatic carbocycles. The summed E-state index contributed by atoms with van der Waals surface area (Å²) in [6.45, 7) is -0.877. The average molecular weight is 451 g/mol. The largest absolute Gasteiger partial charge is 0.481 e. The maximum absolute atomic E-state index is 12.3. The van der Waals surface area contributed by atoms with Gasteiger partial charge in [-0.3, -0.25) is 24.0 Å². The first kappa shape index (κ1) is 27.1. The monoisotopic (exact) mass is 451 g/mol. The molecule has 170 valence electrons. The molecule has 4 amide bonds. The number of nitrogens with two attached hydrogens (primary N) is 2. The van der Waals surface area contributed by atoms with Crippen LogP contribution in [0.25, 0.3) is 0 Å². The Balaban J connectivity index is 5.27. The molecule has 0 saturated heterocycles. The molecule has 10 N–H and O–H groups in total. The predicted molar refractivity (Wildman–Crippen MR) is 103 cm³/mol. The number of primary amides is 1. The number of carboxylic acid groups (broad SMARTS) is 2. The van der Waals surface area contributed by atoms with Gasteiger partial charge in [-0.25, -0.2) is 4.79 Å². The molecule has 0 fully saturated rings. The maximum Gasteiger partial charge on any atom is 0.326 e. The van der Waals surface area contributed by atoms with Crippen molar-refractivity contribution in [1.82, 2.24) is 16.0 Å². The minimum Gasteiger partial charge on any atom is -0.481 e. The molecule has 4 atom stereocenters. The lowest BCUT2D eigenvalue weighted by Gasteiger charge is -2.23. The zero-order chi connectivity index (χ0) is 23.4. The van der Waals surface area contributed by atoms with E-state index in [0.29, 0.717) is 0 Å². The number of aliphatic hydroxyl groups excluding tert-OH is 1. The summed E-state index contributed by atoms with van der Waals surface area (Å²) in [6, 6.07) is -5.87. The molecule has 0 bridgehead atoms. The van der Waals surface area contributed by atoms with Gasteiger partial charge < -0.3 is 42.7 Å². The summed E-state index contributed by atoms with van der Waals surface area (Å²) in [5, 5.41) is 33.3. The summed E-state index contributed by atoms with van der Waals surface area (Å²) in [5.41, 5.74) is 10.5. The number of hydrogen-bond donors (Lipinski definition) is 9. The smallest absolute Gasteiger partial charge is 0.326 e. The number of aliphatic carboxylic acids is 2. The molecule has 0 radical (unpaired) electrons. The molecule has 4 unspecified atom stereocenters. The van der Waals surface area contributed by atoms with Crippen LogP contribution in [-0.4, -0.2) is 87.4 Å². The van der Waals surface area contributed by atoms with E-state index in [4.69, 9.17) is 21.7 Å². The Labute approximate surface area is 176 Å². The van der Waals surface area contributed by atoms with Gasteiger partial charge in [0, 0.05) is 12.2 Å². The Morgan fingerprint density at radius 3 is 1.80 bits per heavy atom. The van der Waals surface area contributed by atoms with Crippen molar-refractivity contribution in [3.63, 3.8) is 0 Å². The third-order valence-electron chi connectivity index (χ3n) is 3.65. The fourth-order valence-electron chi connectivity index (χ4n) is 2.04. The summed E-state index contributed by atoms with van der Waals surface area (Å²) in [4.78, 5) is 69.4. The van der Waals surface area contributed by atoms with E-state index in [1.54, 1.807) is 0 Å². The van der Waals surface area contributed by atoms with Crippen LogP contribution in [0.15, 0.2) is 0 Å². The number of carbonyl (C=O) groups excluding carboxylic acids is 4. The van der Waals surface area contributed by atoms with Crippen molar-refractivity contribution in [2.45, 2.75) is 43.4 Å². The molecule has 0 aliphatic carbocycles. The van der Waals surface area contributed by atoms with Crippen LogP contribution in [0.2, 0.25) is 0 Å². The number of amides is 4. The van der Waals surface area contributed by atoms with E-state index in [1.807, 2.05) is 5.32 Å². The topological polar surface area (TPSA) is 251 Å². The van der Waals surface area contributed by atoms with Gasteiger partial charge in [0.25, 0.3) is 0 Å². The van der Waals surface area contributed by atoms with Gasteiger partial charge >= 0.3 is 11.9 Å². The number of nitrogens with one attached hydrogen (secondary N) is 3. The predicted octanol–water partition coefficient (Wildman–Crippen LogP) is -4.48. The van der Waals surface area contributed by atoms with E-state index in [-0.39, 0.29) is 5.75 Å². The number of hydrogen-bond acceptors (Lipinski definition) is 9. The molecule has 0 saturated carbocycles. The maximum atomic E-state index is 12.3. The molecular weight excluding hydrogens is 426 g/mol. The average Bonchev–Trinajstić information content (AvgIpc) is 2.66. The van der Waals surface area contributed by atoms with Crippen molar-refractivity contribution in [3.8, 4) is 0 Å². The molecule has 30 heavy (non-hydrogen) atoms. The Bertz CT molecular complexity index is 675. The van der Waals surface area contributed by atoms with Crippen LogP contribution in [0.1, 0.15) is 19.3 Å². The Kier molecular flexibility index (Phi) is 12.0. The molecule has 0 aromatic heterocycles. The second-order valence-corrected chi connectivity index (χ2v) is 6.46. The van der Waals surface area contributed by atoms with Crippen LogP contribution >= 0.6 is 12.6 Å². The molecule has 15 heteroatoms. The quantitative estimate of drug-likeness (QED) is 0.114. The first-order valence-corrected chi connectivity index (χ1v) is 9.17. The lowest BCUT2D eigenvalue weighted by atomic mass is 10.1. The van der Waals surface area contributed by atoms with E-state index in [9.17, 15) is 33.9 Å². The first-order valence-electron chi connectivity index (χ1n) is 8.54. The van der Waals surface area contributed by atoms with Gasteiger partial charge in [0.05, 0.1) is 19.1 Å². The highest BCUT2D eigenvalue weighted by Crippen LogP contribution is 2.02. The van der Waals surface area contributed by atoms with Gasteiger partial charge in [-0.2, -0.15) is 12.6 Å². The zero-order valence-electron chi connectivity index (χ0n) is 15.7. The number of carbonyl (C=O) groups is 6.